The first-order valence-corrected chi connectivity index (χ1v) is 9.07. The van der Waals surface area contributed by atoms with Gasteiger partial charge in [-0.3, -0.25) is 9.58 Å². The van der Waals surface area contributed by atoms with Crippen LogP contribution in [0.25, 0.3) is 11.0 Å². The van der Waals surface area contributed by atoms with Crippen molar-refractivity contribution < 1.29 is 0 Å². The molecule has 1 saturated heterocycles. The number of rotatable bonds is 5. The van der Waals surface area contributed by atoms with E-state index in [-0.39, 0.29) is 0 Å². The molecule has 1 unspecified atom stereocenters. The van der Waals surface area contributed by atoms with Gasteiger partial charge in [0.1, 0.15) is 5.82 Å². The molecular weight excluding hydrogens is 322 g/mol. The van der Waals surface area contributed by atoms with Gasteiger partial charge in [0.15, 0.2) is 5.65 Å². The first-order chi connectivity index (χ1) is 11.7. The van der Waals surface area contributed by atoms with Gasteiger partial charge in [0.25, 0.3) is 0 Å². The van der Waals surface area contributed by atoms with E-state index in [1.807, 2.05) is 7.05 Å². The quantitative estimate of drug-likeness (QED) is 0.739. The highest BCUT2D eigenvalue weighted by atomic mass is 32.1. The van der Waals surface area contributed by atoms with Crippen LogP contribution in [-0.2, 0) is 7.05 Å². The molecule has 7 nitrogen and oxygen atoms in total. The van der Waals surface area contributed by atoms with Crippen molar-refractivity contribution in [3.8, 4) is 0 Å². The predicted molar refractivity (Wildman–Crippen MR) is 97.1 cm³/mol. The summed E-state index contributed by atoms with van der Waals surface area (Å²) >= 11 is 1.80. The fourth-order valence-corrected chi connectivity index (χ4v) is 4.12. The van der Waals surface area contributed by atoms with Crippen LogP contribution >= 0.6 is 11.3 Å². The summed E-state index contributed by atoms with van der Waals surface area (Å²) in [6, 6.07) is 4.66. The van der Waals surface area contributed by atoms with Crippen LogP contribution in [0.1, 0.15) is 23.8 Å². The molecule has 4 heterocycles. The number of hydrogen-bond donors (Lipinski definition) is 2. The van der Waals surface area contributed by atoms with Gasteiger partial charge in [0.2, 0.25) is 5.95 Å². The molecule has 126 valence electrons. The second kappa shape index (κ2) is 6.37. The third-order valence-corrected chi connectivity index (χ3v) is 5.50. The number of nitrogen functional groups attached to an aromatic ring is 1. The van der Waals surface area contributed by atoms with E-state index >= 15 is 0 Å². The van der Waals surface area contributed by atoms with Gasteiger partial charge in [-0.1, -0.05) is 6.07 Å². The van der Waals surface area contributed by atoms with Gasteiger partial charge in [-0.2, -0.15) is 15.1 Å². The lowest BCUT2D eigenvalue weighted by atomic mass is 10.2. The zero-order valence-electron chi connectivity index (χ0n) is 13.6. The fraction of sp³-hybridized carbons (Fsp3) is 0.438. The summed E-state index contributed by atoms with van der Waals surface area (Å²) in [6.07, 6.45) is 4.24. The standard InChI is InChI=1S/C16H21N7S/c1-22-15-11(9-19-22)14(17)20-16(21-15)18-10-12(13-5-4-8-24-13)23-6-2-3-7-23/h4-5,8-9,12H,2-3,6-7,10H2,1H3,(H3,17,18,20,21). The first-order valence-electron chi connectivity index (χ1n) is 8.19. The second-order valence-electron chi connectivity index (χ2n) is 6.09. The van der Waals surface area contributed by atoms with E-state index < -0.39 is 0 Å². The van der Waals surface area contributed by atoms with Crippen molar-refractivity contribution in [1.29, 1.82) is 0 Å². The Morgan fingerprint density at radius 1 is 1.33 bits per heavy atom. The molecule has 0 radical (unpaired) electrons. The molecule has 4 rings (SSSR count). The van der Waals surface area contributed by atoms with Crippen molar-refractivity contribution in [2.24, 2.45) is 7.05 Å². The van der Waals surface area contributed by atoms with Crippen LogP contribution in [0.15, 0.2) is 23.7 Å². The molecule has 0 aromatic carbocycles. The minimum absolute atomic E-state index is 0.347. The molecule has 3 aromatic heterocycles. The van der Waals surface area contributed by atoms with Crippen LogP contribution in [0.2, 0.25) is 0 Å². The molecular formula is C16H21N7S. The summed E-state index contributed by atoms with van der Waals surface area (Å²) < 4.78 is 1.72. The molecule has 1 aliphatic heterocycles. The summed E-state index contributed by atoms with van der Waals surface area (Å²) in [5.41, 5.74) is 6.79. The predicted octanol–water partition coefficient (Wildman–Crippen LogP) is 2.26. The Labute approximate surface area is 144 Å². The van der Waals surface area contributed by atoms with Crippen molar-refractivity contribution in [2.45, 2.75) is 18.9 Å². The van der Waals surface area contributed by atoms with Crippen LogP contribution < -0.4 is 11.1 Å². The number of aryl methyl sites for hydroxylation is 1. The third-order valence-electron chi connectivity index (χ3n) is 4.53. The topological polar surface area (TPSA) is 84.9 Å². The highest BCUT2D eigenvalue weighted by molar-refractivity contribution is 7.10. The van der Waals surface area contributed by atoms with Gasteiger partial charge in [-0.05, 0) is 37.4 Å². The maximum atomic E-state index is 6.04. The number of nitrogens with one attached hydrogen (secondary N) is 1. The molecule has 0 aliphatic carbocycles. The number of likely N-dealkylation sites (tertiary alicyclic amines) is 1. The van der Waals surface area contributed by atoms with Crippen molar-refractivity contribution in [1.82, 2.24) is 24.6 Å². The average molecular weight is 343 g/mol. The SMILES string of the molecule is Cn1ncc2c(N)nc(NCC(c3cccs3)N3CCCC3)nc21. The van der Waals surface area contributed by atoms with E-state index in [9.17, 15) is 0 Å². The van der Waals surface area contributed by atoms with Gasteiger partial charge in [-0.25, -0.2) is 0 Å². The second-order valence-corrected chi connectivity index (χ2v) is 7.07. The van der Waals surface area contributed by atoms with Gasteiger partial charge in [0.05, 0.1) is 17.6 Å². The van der Waals surface area contributed by atoms with Crippen molar-refractivity contribution in [3.63, 3.8) is 0 Å². The maximum Gasteiger partial charge on any atom is 0.226 e. The van der Waals surface area contributed by atoms with Crippen LogP contribution in [0.5, 0.6) is 0 Å². The highest BCUT2D eigenvalue weighted by Crippen LogP contribution is 2.28. The van der Waals surface area contributed by atoms with Crippen LogP contribution in [0.4, 0.5) is 11.8 Å². The number of anilines is 2. The van der Waals surface area contributed by atoms with E-state index in [1.54, 1.807) is 22.2 Å². The molecule has 3 N–H and O–H groups in total. The number of fused-ring (bicyclic) bond motifs is 1. The number of nitrogens with two attached hydrogens (primary N) is 1. The maximum absolute atomic E-state index is 6.04. The molecule has 3 aromatic rings. The normalized spacial score (nSPS) is 16.7. The third kappa shape index (κ3) is 2.83. The Balaban J connectivity index is 1.56. The molecule has 24 heavy (non-hydrogen) atoms. The van der Waals surface area contributed by atoms with Crippen molar-refractivity contribution >= 4 is 34.1 Å². The van der Waals surface area contributed by atoms with Crippen LogP contribution in [-0.4, -0.2) is 44.3 Å². The van der Waals surface area contributed by atoms with E-state index in [2.05, 4.69) is 42.8 Å². The van der Waals surface area contributed by atoms with E-state index in [4.69, 9.17) is 5.73 Å². The Kier molecular flexibility index (Phi) is 4.07. The van der Waals surface area contributed by atoms with Crippen molar-refractivity contribution in [3.05, 3.63) is 28.6 Å². The smallest absolute Gasteiger partial charge is 0.226 e. The van der Waals surface area contributed by atoms with Gasteiger partial charge in [0, 0.05) is 18.5 Å². The lowest BCUT2D eigenvalue weighted by molar-refractivity contribution is 0.259. The molecule has 1 fully saturated rings. The first kappa shape index (κ1) is 15.3. The number of nitrogens with zero attached hydrogens (tertiary/aromatic N) is 5. The molecule has 0 bridgehead atoms. The zero-order chi connectivity index (χ0) is 16.5. The van der Waals surface area contributed by atoms with Gasteiger partial charge < -0.3 is 11.1 Å². The Bertz CT molecular complexity index is 820. The summed E-state index contributed by atoms with van der Waals surface area (Å²) in [5.74, 6) is 1.02. The van der Waals surface area contributed by atoms with Crippen LogP contribution in [0.3, 0.4) is 0 Å². The average Bonchev–Trinajstić information content (AvgIpc) is 3.31. The lowest BCUT2D eigenvalue weighted by Gasteiger charge is -2.26. The Hall–Kier alpha value is -2.19. The monoisotopic (exact) mass is 343 g/mol. The number of hydrogen-bond acceptors (Lipinski definition) is 7. The number of aromatic nitrogens is 4. The summed E-state index contributed by atoms with van der Waals surface area (Å²) in [4.78, 5) is 12.8. The molecule has 1 aliphatic rings. The summed E-state index contributed by atoms with van der Waals surface area (Å²) in [6.45, 7) is 3.06. The largest absolute Gasteiger partial charge is 0.383 e. The summed E-state index contributed by atoms with van der Waals surface area (Å²) in [7, 11) is 1.86. The minimum atomic E-state index is 0.347. The molecule has 0 saturated carbocycles. The Morgan fingerprint density at radius 2 is 2.17 bits per heavy atom. The molecule has 1 atom stereocenters. The Morgan fingerprint density at radius 3 is 2.92 bits per heavy atom. The van der Waals surface area contributed by atoms with E-state index in [0.29, 0.717) is 17.8 Å². The highest BCUT2D eigenvalue weighted by Gasteiger charge is 2.24. The summed E-state index contributed by atoms with van der Waals surface area (Å²) in [5, 5.41) is 10.5. The van der Waals surface area contributed by atoms with Crippen molar-refractivity contribution in [2.75, 3.05) is 30.7 Å². The zero-order valence-corrected chi connectivity index (χ0v) is 14.5. The number of thiophene rings is 1. The van der Waals surface area contributed by atoms with Gasteiger partial charge >= 0.3 is 0 Å². The van der Waals surface area contributed by atoms with Crippen LogP contribution in [0, 0.1) is 0 Å². The van der Waals surface area contributed by atoms with Gasteiger partial charge in [-0.15, -0.1) is 11.3 Å². The lowest BCUT2D eigenvalue weighted by Crippen LogP contribution is -2.30. The minimum Gasteiger partial charge on any atom is -0.383 e. The van der Waals surface area contributed by atoms with E-state index in [1.165, 1.54) is 17.7 Å². The molecule has 0 spiro atoms. The molecule has 0 amide bonds. The van der Waals surface area contributed by atoms with E-state index in [0.717, 1.165) is 30.7 Å². The molecule has 8 heteroatoms. The fourth-order valence-electron chi connectivity index (χ4n) is 3.25.